The van der Waals surface area contributed by atoms with Gasteiger partial charge in [-0.15, -0.1) is 0 Å². The van der Waals surface area contributed by atoms with Gasteiger partial charge in [-0.3, -0.25) is 19.6 Å². The molecule has 8 nitrogen and oxygen atoms in total. The van der Waals surface area contributed by atoms with Gasteiger partial charge in [0, 0.05) is 11.1 Å². The Balaban J connectivity index is 1.44. The van der Waals surface area contributed by atoms with E-state index in [1.54, 1.807) is 54.6 Å². The van der Waals surface area contributed by atoms with Gasteiger partial charge in [-0.2, -0.15) is 5.26 Å². The maximum absolute atomic E-state index is 13.5. The molecule has 0 aliphatic heterocycles. The Labute approximate surface area is 212 Å². The molecule has 0 bridgehead atoms. The standard InChI is InChI=1S/C29H21N5O3/c30-18-26(21-9-6-10-23(35)17-21)32-33-28(36)20-13-15-22(16-14-20)34-27(19-7-2-1-3-8-19)31-25-12-5-4-11-24(25)29(34)37/h1-17,26,32,35H,(H,33,36). The van der Waals surface area contributed by atoms with Crippen LogP contribution < -0.4 is 16.4 Å². The van der Waals surface area contributed by atoms with Crippen molar-refractivity contribution in [1.82, 2.24) is 20.4 Å². The number of fused-ring (bicyclic) bond motifs is 1. The molecule has 3 N–H and O–H groups in total. The van der Waals surface area contributed by atoms with Gasteiger partial charge in [-0.1, -0.05) is 54.6 Å². The van der Waals surface area contributed by atoms with Crippen LogP contribution >= 0.6 is 0 Å². The first-order valence-corrected chi connectivity index (χ1v) is 11.5. The van der Waals surface area contributed by atoms with Crippen molar-refractivity contribution in [3.8, 4) is 28.9 Å². The van der Waals surface area contributed by atoms with E-state index in [9.17, 15) is 20.0 Å². The van der Waals surface area contributed by atoms with Gasteiger partial charge in [0.2, 0.25) is 0 Å². The fraction of sp³-hybridized carbons (Fsp3) is 0.0345. The maximum atomic E-state index is 13.5. The lowest BCUT2D eigenvalue weighted by molar-refractivity contribution is 0.0929. The summed E-state index contributed by atoms with van der Waals surface area (Å²) in [5, 5.41) is 19.6. The third-order valence-corrected chi connectivity index (χ3v) is 5.86. The highest BCUT2D eigenvalue weighted by atomic mass is 16.3. The van der Waals surface area contributed by atoms with Crippen molar-refractivity contribution >= 4 is 16.8 Å². The number of para-hydroxylation sites is 1. The van der Waals surface area contributed by atoms with Crippen LogP contribution in [0, 0.1) is 11.3 Å². The van der Waals surface area contributed by atoms with Gasteiger partial charge < -0.3 is 5.11 Å². The Morgan fingerprint density at radius 1 is 0.919 bits per heavy atom. The first-order valence-electron chi connectivity index (χ1n) is 11.5. The highest BCUT2D eigenvalue weighted by Gasteiger charge is 2.16. The fourth-order valence-electron chi connectivity index (χ4n) is 4.02. The molecule has 0 aliphatic rings. The summed E-state index contributed by atoms with van der Waals surface area (Å²) in [6.45, 7) is 0. The van der Waals surface area contributed by atoms with Gasteiger partial charge >= 0.3 is 0 Å². The second-order valence-electron chi connectivity index (χ2n) is 8.26. The minimum atomic E-state index is -0.856. The number of nitriles is 1. The molecule has 0 aliphatic carbocycles. The van der Waals surface area contributed by atoms with Crippen molar-refractivity contribution in [2.24, 2.45) is 0 Å². The van der Waals surface area contributed by atoms with Crippen LogP contribution in [0.25, 0.3) is 28.0 Å². The van der Waals surface area contributed by atoms with Crippen LogP contribution in [0.4, 0.5) is 0 Å². The average Bonchev–Trinajstić information content (AvgIpc) is 2.94. The SMILES string of the molecule is N#CC(NNC(=O)c1ccc(-n2c(-c3ccccc3)nc3ccccc3c2=O)cc1)c1cccc(O)c1. The van der Waals surface area contributed by atoms with Crippen LogP contribution in [0.15, 0.2) is 108 Å². The first kappa shape index (κ1) is 23.5. The van der Waals surface area contributed by atoms with E-state index in [-0.39, 0.29) is 11.3 Å². The minimum Gasteiger partial charge on any atom is -0.508 e. The number of benzene rings is 4. The summed E-state index contributed by atoms with van der Waals surface area (Å²) in [6.07, 6.45) is 0. The second-order valence-corrected chi connectivity index (χ2v) is 8.26. The Morgan fingerprint density at radius 2 is 1.65 bits per heavy atom. The van der Waals surface area contributed by atoms with Crippen LogP contribution in [-0.4, -0.2) is 20.6 Å². The molecule has 0 fully saturated rings. The monoisotopic (exact) mass is 487 g/mol. The summed E-state index contributed by atoms with van der Waals surface area (Å²) in [5.74, 6) is 0.0557. The van der Waals surface area contributed by atoms with E-state index >= 15 is 0 Å². The van der Waals surface area contributed by atoms with Crippen LogP contribution in [-0.2, 0) is 0 Å². The molecule has 0 saturated heterocycles. The molecule has 0 spiro atoms. The van der Waals surface area contributed by atoms with Crippen molar-refractivity contribution < 1.29 is 9.90 Å². The average molecular weight is 488 g/mol. The number of hydrogen-bond donors (Lipinski definition) is 3. The van der Waals surface area contributed by atoms with E-state index in [4.69, 9.17) is 4.98 Å². The van der Waals surface area contributed by atoms with Gasteiger partial charge in [0.05, 0.1) is 22.7 Å². The van der Waals surface area contributed by atoms with E-state index in [2.05, 4.69) is 10.9 Å². The molecule has 8 heteroatoms. The van der Waals surface area contributed by atoms with Crippen molar-refractivity contribution in [3.63, 3.8) is 0 Å². The molecule has 0 saturated carbocycles. The third-order valence-electron chi connectivity index (χ3n) is 5.86. The quantitative estimate of drug-likeness (QED) is 0.308. The van der Waals surface area contributed by atoms with E-state index in [0.29, 0.717) is 33.5 Å². The highest BCUT2D eigenvalue weighted by molar-refractivity contribution is 5.94. The number of aromatic nitrogens is 2. The fourth-order valence-corrected chi connectivity index (χ4v) is 4.02. The third kappa shape index (κ3) is 4.80. The topological polar surface area (TPSA) is 120 Å². The number of hydrogen-bond acceptors (Lipinski definition) is 6. The molecular weight excluding hydrogens is 466 g/mol. The Kier molecular flexibility index (Phi) is 6.45. The molecule has 4 aromatic carbocycles. The van der Waals surface area contributed by atoms with Crippen molar-refractivity contribution in [1.29, 1.82) is 5.26 Å². The van der Waals surface area contributed by atoms with E-state index in [0.717, 1.165) is 5.56 Å². The number of hydrazine groups is 1. The largest absolute Gasteiger partial charge is 0.508 e. The summed E-state index contributed by atoms with van der Waals surface area (Å²) in [4.78, 5) is 31.0. The smallest absolute Gasteiger partial charge is 0.266 e. The number of nitrogens with zero attached hydrogens (tertiary/aromatic N) is 3. The number of nitrogens with one attached hydrogen (secondary N) is 2. The van der Waals surface area contributed by atoms with Crippen LogP contribution in [0.2, 0.25) is 0 Å². The number of phenolic OH excluding ortho intramolecular Hbond substituents is 1. The molecule has 1 amide bonds. The minimum absolute atomic E-state index is 0.0229. The number of rotatable bonds is 6. The summed E-state index contributed by atoms with van der Waals surface area (Å²) in [5.41, 5.74) is 7.77. The Morgan fingerprint density at radius 3 is 2.38 bits per heavy atom. The summed E-state index contributed by atoms with van der Waals surface area (Å²) < 4.78 is 1.53. The van der Waals surface area contributed by atoms with E-state index in [1.807, 2.05) is 42.5 Å². The number of carbonyl (C=O) groups excluding carboxylic acids is 1. The van der Waals surface area contributed by atoms with Crippen LogP contribution in [0.1, 0.15) is 22.0 Å². The zero-order valence-corrected chi connectivity index (χ0v) is 19.5. The molecule has 37 heavy (non-hydrogen) atoms. The summed E-state index contributed by atoms with van der Waals surface area (Å²) in [7, 11) is 0. The molecular formula is C29H21N5O3. The summed E-state index contributed by atoms with van der Waals surface area (Å²) in [6, 6.07) is 30.6. The molecule has 0 radical (unpaired) electrons. The molecule has 1 aromatic heterocycles. The van der Waals surface area contributed by atoms with Crippen molar-refractivity contribution in [2.45, 2.75) is 6.04 Å². The zero-order chi connectivity index (χ0) is 25.8. The van der Waals surface area contributed by atoms with Crippen LogP contribution in [0.3, 0.4) is 0 Å². The van der Waals surface area contributed by atoms with Gasteiger partial charge in [-0.05, 0) is 54.1 Å². The normalized spacial score (nSPS) is 11.5. The molecule has 1 atom stereocenters. The maximum Gasteiger partial charge on any atom is 0.266 e. The molecule has 1 unspecified atom stereocenters. The van der Waals surface area contributed by atoms with Crippen LogP contribution in [0.5, 0.6) is 5.75 Å². The first-order chi connectivity index (χ1) is 18.0. The Hall–Kier alpha value is -5.26. The lowest BCUT2D eigenvalue weighted by Crippen LogP contribution is -2.39. The molecule has 180 valence electrons. The van der Waals surface area contributed by atoms with Gasteiger partial charge in [0.1, 0.15) is 17.6 Å². The van der Waals surface area contributed by atoms with Gasteiger partial charge in [0.15, 0.2) is 0 Å². The number of amides is 1. The lowest BCUT2D eigenvalue weighted by atomic mass is 10.1. The Bertz CT molecular complexity index is 1690. The zero-order valence-electron chi connectivity index (χ0n) is 19.5. The number of carbonyl (C=O) groups is 1. The van der Waals surface area contributed by atoms with Crippen molar-refractivity contribution in [2.75, 3.05) is 0 Å². The van der Waals surface area contributed by atoms with E-state index < -0.39 is 11.9 Å². The molecule has 5 rings (SSSR count). The molecule has 5 aromatic rings. The van der Waals surface area contributed by atoms with E-state index in [1.165, 1.54) is 16.7 Å². The van der Waals surface area contributed by atoms with Gasteiger partial charge in [-0.25, -0.2) is 10.4 Å². The second kappa shape index (κ2) is 10.2. The van der Waals surface area contributed by atoms with Crippen molar-refractivity contribution in [3.05, 3.63) is 125 Å². The predicted octanol–water partition coefficient (Wildman–Crippen LogP) is 4.26. The number of phenols is 1. The highest BCUT2D eigenvalue weighted by Crippen LogP contribution is 2.22. The predicted molar refractivity (Wildman–Crippen MR) is 140 cm³/mol. The summed E-state index contributed by atoms with van der Waals surface area (Å²) >= 11 is 0. The van der Waals surface area contributed by atoms with Gasteiger partial charge in [0.25, 0.3) is 11.5 Å². The lowest BCUT2D eigenvalue weighted by Gasteiger charge is -2.15. The molecule has 1 heterocycles. The number of aromatic hydroxyl groups is 1.